The molecule has 0 spiro atoms. The minimum absolute atomic E-state index is 0.0162. The second-order valence-corrected chi connectivity index (χ2v) is 4.78. The van der Waals surface area contributed by atoms with Crippen molar-refractivity contribution >= 4 is 17.1 Å². The number of hydrogen-bond donors (Lipinski definition) is 0. The van der Waals surface area contributed by atoms with Gasteiger partial charge in [-0.15, -0.1) is 0 Å². The van der Waals surface area contributed by atoms with E-state index < -0.39 is 0 Å². The minimum atomic E-state index is 0.0162. The Morgan fingerprint density at radius 3 is 2.65 bits per heavy atom. The highest BCUT2D eigenvalue weighted by atomic mass is 32.1. The van der Waals surface area contributed by atoms with Crippen LogP contribution in [0.2, 0.25) is 0 Å². The standard InChI is InChI=1S/C14H14O2S/c1-10(2)16-13-6-4-3-5-12(13)14(15)11-7-8-17-9-11/h3-10H,1-2H3. The summed E-state index contributed by atoms with van der Waals surface area (Å²) in [6.45, 7) is 3.90. The van der Waals surface area contributed by atoms with Crippen LogP contribution in [0.1, 0.15) is 29.8 Å². The highest BCUT2D eigenvalue weighted by Gasteiger charge is 2.15. The van der Waals surface area contributed by atoms with Gasteiger partial charge in [0.05, 0.1) is 11.7 Å². The van der Waals surface area contributed by atoms with Crippen LogP contribution in [-0.2, 0) is 0 Å². The van der Waals surface area contributed by atoms with E-state index in [1.807, 2.05) is 48.9 Å². The first-order chi connectivity index (χ1) is 8.18. The van der Waals surface area contributed by atoms with Crippen LogP contribution < -0.4 is 4.74 Å². The molecule has 2 aromatic rings. The maximum absolute atomic E-state index is 12.2. The van der Waals surface area contributed by atoms with Gasteiger partial charge >= 0.3 is 0 Å². The maximum Gasteiger partial charge on any atom is 0.197 e. The number of hydrogen-bond acceptors (Lipinski definition) is 3. The molecule has 0 fully saturated rings. The van der Waals surface area contributed by atoms with Gasteiger partial charge in [0.15, 0.2) is 5.78 Å². The molecular formula is C14H14O2S. The van der Waals surface area contributed by atoms with Crippen LogP contribution in [0.15, 0.2) is 41.1 Å². The van der Waals surface area contributed by atoms with E-state index in [9.17, 15) is 4.79 Å². The van der Waals surface area contributed by atoms with E-state index in [2.05, 4.69) is 0 Å². The van der Waals surface area contributed by atoms with Crippen LogP contribution in [0.25, 0.3) is 0 Å². The van der Waals surface area contributed by atoms with E-state index in [1.54, 1.807) is 6.07 Å². The Morgan fingerprint density at radius 2 is 2.00 bits per heavy atom. The molecule has 88 valence electrons. The van der Waals surface area contributed by atoms with Crippen molar-refractivity contribution in [3.05, 3.63) is 52.2 Å². The highest BCUT2D eigenvalue weighted by Crippen LogP contribution is 2.23. The number of carbonyl (C=O) groups excluding carboxylic acids is 1. The van der Waals surface area contributed by atoms with Gasteiger partial charge in [-0.25, -0.2) is 0 Å². The lowest BCUT2D eigenvalue weighted by Crippen LogP contribution is -2.10. The lowest BCUT2D eigenvalue weighted by atomic mass is 10.1. The zero-order chi connectivity index (χ0) is 12.3. The topological polar surface area (TPSA) is 26.3 Å². The van der Waals surface area contributed by atoms with Crippen molar-refractivity contribution in [3.8, 4) is 5.75 Å². The van der Waals surface area contributed by atoms with Gasteiger partial charge in [-0.2, -0.15) is 11.3 Å². The van der Waals surface area contributed by atoms with E-state index >= 15 is 0 Å². The molecule has 0 bridgehead atoms. The molecule has 0 N–H and O–H groups in total. The molecule has 0 aliphatic heterocycles. The van der Waals surface area contributed by atoms with E-state index in [1.165, 1.54) is 11.3 Å². The van der Waals surface area contributed by atoms with Crippen molar-refractivity contribution < 1.29 is 9.53 Å². The van der Waals surface area contributed by atoms with Crippen LogP contribution in [0.3, 0.4) is 0 Å². The molecule has 1 aromatic heterocycles. The second kappa shape index (κ2) is 5.15. The number of ether oxygens (including phenoxy) is 1. The SMILES string of the molecule is CC(C)Oc1ccccc1C(=O)c1ccsc1. The van der Waals surface area contributed by atoms with Gasteiger partial charge in [-0.3, -0.25) is 4.79 Å². The van der Waals surface area contributed by atoms with Gasteiger partial charge in [-0.05, 0) is 37.4 Å². The van der Waals surface area contributed by atoms with E-state index in [-0.39, 0.29) is 11.9 Å². The van der Waals surface area contributed by atoms with Crippen molar-refractivity contribution in [2.45, 2.75) is 20.0 Å². The number of thiophene rings is 1. The maximum atomic E-state index is 12.2. The summed E-state index contributed by atoms with van der Waals surface area (Å²) < 4.78 is 5.65. The molecule has 2 rings (SSSR count). The zero-order valence-corrected chi connectivity index (χ0v) is 10.7. The van der Waals surface area contributed by atoms with Gasteiger partial charge in [0.1, 0.15) is 5.75 Å². The summed E-state index contributed by atoms with van der Waals surface area (Å²) in [6, 6.07) is 9.20. The predicted octanol–water partition coefficient (Wildman–Crippen LogP) is 3.77. The van der Waals surface area contributed by atoms with Crippen molar-refractivity contribution in [1.82, 2.24) is 0 Å². The Kier molecular flexibility index (Phi) is 3.59. The van der Waals surface area contributed by atoms with Gasteiger partial charge in [0.2, 0.25) is 0 Å². The molecule has 0 atom stereocenters. The zero-order valence-electron chi connectivity index (χ0n) is 9.84. The summed E-state index contributed by atoms with van der Waals surface area (Å²) >= 11 is 1.52. The fraction of sp³-hybridized carbons (Fsp3) is 0.214. The fourth-order valence-corrected chi connectivity index (χ4v) is 2.20. The molecule has 0 saturated carbocycles. The van der Waals surface area contributed by atoms with Crippen molar-refractivity contribution in [1.29, 1.82) is 0 Å². The molecule has 2 nitrogen and oxygen atoms in total. The third-order valence-electron chi connectivity index (χ3n) is 2.28. The van der Waals surface area contributed by atoms with Crippen LogP contribution in [0.5, 0.6) is 5.75 Å². The Balaban J connectivity index is 2.35. The first-order valence-electron chi connectivity index (χ1n) is 5.51. The molecule has 0 saturated heterocycles. The Bertz CT molecular complexity index is 501. The minimum Gasteiger partial charge on any atom is -0.490 e. The number of ketones is 1. The number of carbonyl (C=O) groups is 1. The summed E-state index contributed by atoms with van der Waals surface area (Å²) in [6.07, 6.45) is 0.0615. The predicted molar refractivity (Wildman–Crippen MR) is 70.0 cm³/mol. The number of rotatable bonds is 4. The first-order valence-corrected chi connectivity index (χ1v) is 6.45. The highest BCUT2D eigenvalue weighted by molar-refractivity contribution is 7.08. The smallest absolute Gasteiger partial charge is 0.197 e. The number of para-hydroxylation sites is 1. The van der Waals surface area contributed by atoms with Crippen LogP contribution in [0, 0.1) is 0 Å². The van der Waals surface area contributed by atoms with Crippen molar-refractivity contribution in [3.63, 3.8) is 0 Å². The van der Waals surface area contributed by atoms with Gasteiger partial charge in [0.25, 0.3) is 0 Å². The van der Waals surface area contributed by atoms with Crippen LogP contribution in [-0.4, -0.2) is 11.9 Å². The average molecular weight is 246 g/mol. The lowest BCUT2D eigenvalue weighted by Gasteiger charge is -2.12. The van der Waals surface area contributed by atoms with E-state index in [0.717, 1.165) is 5.56 Å². The molecular weight excluding hydrogens is 232 g/mol. The Morgan fingerprint density at radius 1 is 1.24 bits per heavy atom. The third kappa shape index (κ3) is 2.74. The number of benzene rings is 1. The summed E-state index contributed by atoms with van der Waals surface area (Å²) in [5.74, 6) is 0.668. The summed E-state index contributed by atoms with van der Waals surface area (Å²) in [5.41, 5.74) is 1.34. The quantitative estimate of drug-likeness (QED) is 0.768. The first kappa shape index (κ1) is 11.9. The van der Waals surface area contributed by atoms with Crippen LogP contribution >= 0.6 is 11.3 Å². The van der Waals surface area contributed by atoms with Crippen molar-refractivity contribution in [2.75, 3.05) is 0 Å². The molecule has 17 heavy (non-hydrogen) atoms. The van der Waals surface area contributed by atoms with E-state index in [4.69, 9.17) is 4.74 Å². The molecule has 0 radical (unpaired) electrons. The summed E-state index contributed by atoms with van der Waals surface area (Å²) in [5, 5.41) is 3.76. The molecule has 0 unspecified atom stereocenters. The molecule has 1 heterocycles. The molecule has 3 heteroatoms. The van der Waals surface area contributed by atoms with Gasteiger partial charge in [0, 0.05) is 10.9 Å². The lowest BCUT2D eigenvalue weighted by molar-refractivity contribution is 0.103. The molecule has 0 amide bonds. The fourth-order valence-electron chi connectivity index (χ4n) is 1.56. The molecule has 0 aliphatic rings. The van der Waals surface area contributed by atoms with Gasteiger partial charge in [-0.1, -0.05) is 12.1 Å². The third-order valence-corrected chi connectivity index (χ3v) is 2.96. The summed E-state index contributed by atoms with van der Waals surface area (Å²) in [4.78, 5) is 12.2. The normalized spacial score (nSPS) is 10.5. The van der Waals surface area contributed by atoms with Crippen LogP contribution in [0.4, 0.5) is 0 Å². The Labute approximate surface area is 105 Å². The molecule has 0 aliphatic carbocycles. The van der Waals surface area contributed by atoms with Crippen molar-refractivity contribution in [2.24, 2.45) is 0 Å². The Hall–Kier alpha value is -1.61. The monoisotopic (exact) mass is 246 g/mol. The van der Waals surface area contributed by atoms with E-state index in [0.29, 0.717) is 11.3 Å². The summed E-state index contributed by atoms with van der Waals surface area (Å²) in [7, 11) is 0. The average Bonchev–Trinajstić information content (AvgIpc) is 2.81. The second-order valence-electron chi connectivity index (χ2n) is 4.00. The molecule has 1 aromatic carbocycles. The largest absolute Gasteiger partial charge is 0.490 e. The van der Waals surface area contributed by atoms with Gasteiger partial charge < -0.3 is 4.74 Å².